The monoisotopic (exact) mass is 101 g/mol. The van der Waals surface area contributed by atoms with Crippen molar-refractivity contribution in [3.05, 3.63) is 0 Å². The molecule has 0 aliphatic heterocycles. The summed E-state index contributed by atoms with van der Waals surface area (Å²) in [6, 6.07) is 0. The van der Waals surface area contributed by atoms with Gasteiger partial charge in [0.2, 0.25) is 0 Å². The SMILES string of the molecule is O.O.[Li].[Ni]. The van der Waals surface area contributed by atoms with Crippen LogP contribution in [0, 0.1) is 0 Å². The third-order valence-electron chi connectivity index (χ3n) is 0. The zero-order valence-electron chi connectivity index (χ0n) is 2.32. The van der Waals surface area contributed by atoms with Crippen LogP contribution in [0.5, 0.6) is 0 Å². The minimum Gasteiger partial charge on any atom is -0.412 e. The normalized spacial score (nSPS) is 0. The van der Waals surface area contributed by atoms with E-state index in [0.717, 1.165) is 0 Å². The van der Waals surface area contributed by atoms with Crippen LogP contribution in [0.25, 0.3) is 0 Å². The van der Waals surface area contributed by atoms with E-state index in [-0.39, 0.29) is 46.3 Å². The van der Waals surface area contributed by atoms with Gasteiger partial charge in [0.25, 0.3) is 0 Å². The van der Waals surface area contributed by atoms with Gasteiger partial charge in [0.1, 0.15) is 0 Å². The molecule has 1 radical (unpaired) electrons. The van der Waals surface area contributed by atoms with Crippen LogP contribution in [0.4, 0.5) is 0 Å². The van der Waals surface area contributed by atoms with E-state index >= 15 is 0 Å². The summed E-state index contributed by atoms with van der Waals surface area (Å²) in [5.41, 5.74) is 0. The Morgan fingerprint density at radius 2 is 0.750 bits per heavy atom. The Morgan fingerprint density at radius 3 is 0.750 bits per heavy atom. The molecule has 0 fully saturated rings. The largest absolute Gasteiger partial charge is 0.412 e. The van der Waals surface area contributed by atoms with Crippen molar-refractivity contribution in [1.82, 2.24) is 0 Å². The summed E-state index contributed by atoms with van der Waals surface area (Å²) in [4.78, 5) is 0. The average molecular weight is 102 g/mol. The van der Waals surface area contributed by atoms with Crippen molar-refractivity contribution in [3.63, 3.8) is 0 Å². The molecule has 0 saturated carbocycles. The zero-order valence-corrected chi connectivity index (χ0v) is 3.30. The molecule has 0 aromatic rings. The van der Waals surface area contributed by atoms with Gasteiger partial charge in [0.15, 0.2) is 0 Å². The minimum atomic E-state index is 0. The summed E-state index contributed by atoms with van der Waals surface area (Å²) in [6.45, 7) is 0. The quantitative estimate of drug-likeness (QED) is 0.316. The van der Waals surface area contributed by atoms with Crippen LogP contribution in [0.3, 0.4) is 0 Å². The second-order valence-corrected chi connectivity index (χ2v) is 0. The predicted molar refractivity (Wildman–Crippen MR) is 13.0 cm³/mol. The maximum Gasteiger partial charge on any atom is 0 e. The van der Waals surface area contributed by atoms with E-state index in [0.29, 0.717) is 0 Å². The Balaban J connectivity index is 0. The van der Waals surface area contributed by atoms with Crippen molar-refractivity contribution in [3.8, 4) is 0 Å². The van der Waals surface area contributed by atoms with E-state index in [1.807, 2.05) is 0 Å². The van der Waals surface area contributed by atoms with Gasteiger partial charge in [-0.2, -0.15) is 0 Å². The first kappa shape index (κ1) is 78.9. The summed E-state index contributed by atoms with van der Waals surface area (Å²) in [5, 5.41) is 0. The maximum atomic E-state index is 0. The molecule has 0 aliphatic carbocycles. The van der Waals surface area contributed by atoms with Crippen molar-refractivity contribution in [2.75, 3.05) is 0 Å². The summed E-state index contributed by atoms with van der Waals surface area (Å²) in [5.74, 6) is 0. The van der Waals surface area contributed by atoms with Crippen LogP contribution < -0.4 is 0 Å². The first-order valence-corrected chi connectivity index (χ1v) is 0. The molecule has 0 atom stereocenters. The van der Waals surface area contributed by atoms with Crippen LogP contribution in [-0.2, 0) is 16.5 Å². The van der Waals surface area contributed by atoms with Crippen LogP contribution in [0.2, 0.25) is 0 Å². The van der Waals surface area contributed by atoms with E-state index in [4.69, 9.17) is 0 Å². The molecule has 0 saturated heterocycles. The molecule has 4 heavy (non-hydrogen) atoms. The predicted octanol–water partition coefficient (Wildman–Crippen LogP) is -2.03. The zero-order chi connectivity index (χ0) is 0. The summed E-state index contributed by atoms with van der Waals surface area (Å²) < 4.78 is 0. The molecule has 0 bridgehead atoms. The van der Waals surface area contributed by atoms with Gasteiger partial charge >= 0.3 is 0 Å². The van der Waals surface area contributed by atoms with Gasteiger partial charge in [-0.1, -0.05) is 0 Å². The van der Waals surface area contributed by atoms with E-state index < -0.39 is 0 Å². The topological polar surface area (TPSA) is 63.0 Å². The Labute approximate surface area is 46.7 Å². The molecule has 0 rings (SSSR count). The molecule has 2 nitrogen and oxygen atoms in total. The average Bonchev–Trinajstić information content (AvgIpc) is 0. The molecule has 0 amide bonds. The van der Waals surface area contributed by atoms with E-state index in [9.17, 15) is 0 Å². The molecule has 0 aromatic heterocycles. The maximum absolute atomic E-state index is 0. The molecule has 4 N–H and O–H groups in total. The third-order valence-corrected chi connectivity index (χ3v) is 0. The van der Waals surface area contributed by atoms with E-state index in [2.05, 4.69) is 0 Å². The molecule has 4 heteroatoms. The van der Waals surface area contributed by atoms with Gasteiger partial charge in [0.05, 0.1) is 0 Å². The van der Waals surface area contributed by atoms with Gasteiger partial charge in [-0.3, -0.25) is 0 Å². The molecular formula is H4LiNiO2. The first-order valence-electron chi connectivity index (χ1n) is 0. The smallest absolute Gasteiger partial charge is 0 e. The summed E-state index contributed by atoms with van der Waals surface area (Å²) >= 11 is 0. The van der Waals surface area contributed by atoms with Crippen LogP contribution in [-0.4, -0.2) is 29.8 Å². The number of hydrogen-bond acceptors (Lipinski definition) is 0. The molecule has 0 aliphatic rings. The van der Waals surface area contributed by atoms with E-state index in [1.165, 1.54) is 0 Å². The Hall–Kier alpha value is 1.01. The van der Waals surface area contributed by atoms with Crippen LogP contribution in [0.1, 0.15) is 0 Å². The summed E-state index contributed by atoms with van der Waals surface area (Å²) in [7, 11) is 0. The van der Waals surface area contributed by atoms with Crippen molar-refractivity contribution in [1.29, 1.82) is 0 Å². The standard InChI is InChI=1S/Li.Ni.2H2O/h;;2*1H2. The van der Waals surface area contributed by atoms with E-state index in [1.54, 1.807) is 0 Å². The minimum absolute atomic E-state index is 0. The Morgan fingerprint density at radius 1 is 0.750 bits per heavy atom. The van der Waals surface area contributed by atoms with Crippen molar-refractivity contribution in [2.24, 2.45) is 0 Å². The van der Waals surface area contributed by atoms with Gasteiger partial charge in [-0.05, 0) is 0 Å². The Bertz CT molecular complexity index is 6.00. The summed E-state index contributed by atoms with van der Waals surface area (Å²) in [6.07, 6.45) is 0. The number of hydrogen-bond donors (Lipinski definition) is 0. The molecule has 0 spiro atoms. The fourth-order valence-electron chi connectivity index (χ4n) is 0. The molecule has 0 aromatic carbocycles. The van der Waals surface area contributed by atoms with Gasteiger partial charge in [-0.15, -0.1) is 0 Å². The van der Waals surface area contributed by atoms with Crippen LogP contribution in [0.15, 0.2) is 0 Å². The van der Waals surface area contributed by atoms with Crippen LogP contribution >= 0.6 is 0 Å². The third kappa shape index (κ3) is 11.9. The second-order valence-electron chi connectivity index (χ2n) is 0. The molecule has 27 valence electrons. The first-order chi connectivity index (χ1) is 0. The second kappa shape index (κ2) is 35.6. The fraction of sp³-hybridized carbons (Fsp3) is 0. The van der Waals surface area contributed by atoms with Gasteiger partial charge < -0.3 is 11.0 Å². The van der Waals surface area contributed by atoms with Gasteiger partial charge in [-0.25, -0.2) is 0 Å². The van der Waals surface area contributed by atoms with Crippen molar-refractivity contribution < 1.29 is 27.4 Å². The number of rotatable bonds is 0. The fourth-order valence-corrected chi connectivity index (χ4v) is 0. The Kier molecular flexibility index (Phi) is 702. The molecule has 0 unspecified atom stereocenters. The van der Waals surface area contributed by atoms with Gasteiger partial charge in [0, 0.05) is 35.4 Å². The van der Waals surface area contributed by atoms with Crippen molar-refractivity contribution in [2.45, 2.75) is 0 Å². The molecule has 0 heterocycles. The molecular weight excluding hydrogens is 97.6 g/mol. The van der Waals surface area contributed by atoms with Crippen molar-refractivity contribution >= 4 is 18.9 Å².